The van der Waals surface area contributed by atoms with Gasteiger partial charge in [-0.25, -0.2) is 0 Å². The van der Waals surface area contributed by atoms with E-state index in [4.69, 9.17) is 16.3 Å². The van der Waals surface area contributed by atoms with E-state index >= 15 is 0 Å². The topological polar surface area (TPSA) is 9.23 Å². The van der Waals surface area contributed by atoms with Gasteiger partial charge in [-0.3, -0.25) is 0 Å². The van der Waals surface area contributed by atoms with Gasteiger partial charge in [0.05, 0.1) is 5.02 Å². The molecule has 1 nitrogen and oxygen atoms in total. The Balaban J connectivity index is 2.08. The zero-order valence-electron chi connectivity index (χ0n) is 9.52. The fraction of sp³-hybridized carbons (Fsp3) is 0.143. The van der Waals surface area contributed by atoms with Gasteiger partial charge in [-0.1, -0.05) is 41.9 Å². The van der Waals surface area contributed by atoms with Crippen LogP contribution in [-0.2, 0) is 6.61 Å². The van der Waals surface area contributed by atoms with Crippen molar-refractivity contribution in [1.29, 1.82) is 0 Å². The number of benzene rings is 2. The van der Waals surface area contributed by atoms with Crippen LogP contribution < -0.4 is 4.74 Å². The van der Waals surface area contributed by atoms with E-state index in [-0.39, 0.29) is 0 Å². The minimum Gasteiger partial charge on any atom is -0.487 e. The summed E-state index contributed by atoms with van der Waals surface area (Å²) in [5.41, 5.74) is 1.14. The molecule has 17 heavy (non-hydrogen) atoms. The summed E-state index contributed by atoms with van der Waals surface area (Å²) in [5.74, 6) is 0.738. The van der Waals surface area contributed by atoms with E-state index in [0.717, 1.165) is 16.2 Å². The van der Waals surface area contributed by atoms with Crippen molar-refractivity contribution >= 4 is 23.4 Å². The van der Waals surface area contributed by atoms with Crippen LogP contribution in [0.5, 0.6) is 5.75 Å². The molecular weight excluding hydrogens is 252 g/mol. The highest BCUT2D eigenvalue weighted by molar-refractivity contribution is 7.98. The lowest BCUT2D eigenvalue weighted by atomic mass is 10.2. The van der Waals surface area contributed by atoms with Gasteiger partial charge in [0.25, 0.3) is 0 Å². The van der Waals surface area contributed by atoms with Gasteiger partial charge in [0.2, 0.25) is 0 Å². The number of rotatable bonds is 4. The van der Waals surface area contributed by atoms with Crippen LogP contribution in [0, 0.1) is 0 Å². The van der Waals surface area contributed by atoms with Crippen molar-refractivity contribution in [2.45, 2.75) is 11.5 Å². The molecule has 0 amide bonds. The average Bonchev–Trinajstić information content (AvgIpc) is 2.39. The predicted molar refractivity (Wildman–Crippen MR) is 74.0 cm³/mol. The summed E-state index contributed by atoms with van der Waals surface area (Å²) in [6, 6.07) is 15.9. The summed E-state index contributed by atoms with van der Waals surface area (Å²) < 4.78 is 5.72. The normalized spacial score (nSPS) is 10.2. The van der Waals surface area contributed by atoms with E-state index in [1.165, 1.54) is 0 Å². The predicted octanol–water partition coefficient (Wildman–Crippen LogP) is 4.64. The van der Waals surface area contributed by atoms with Crippen LogP contribution in [0.25, 0.3) is 0 Å². The summed E-state index contributed by atoms with van der Waals surface area (Å²) in [5, 5.41) is 0.652. The minimum absolute atomic E-state index is 0.540. The largest absolute Gasteiger partial charge is 0.487 e. The molecule has 0 heterocycles. The Morgan fingerprint density at radius 3 is 2.59 bits per heavy atom. The highest BCUT2D eigenvalue weighted by Crippen LogP contribution is 2.29. The van der Waals surface area contributed by atoms with Gasteiger partial charge in [-0.05, 0) is 30.0 Å². The Bertz CT molecular complexity index is 485. The maximum atomic E-state index is 6.09. The summed E-state index contributed by atoms with van der Waals surface area (Å²) in [7, 11) is 0. The fourth-order valence-electron chi connectivity index (χ4n) is 1.46. The van der Waals surface area contributed by atoms with Crippen molar-refractivity contribution in [1.82, 2.24) is 0 Å². The molecule has 0 spiro atoms. The Labute approximate surface area is 111 Å². The van der Waals surface area contributed by atoms with Gasteiger partial charge >= 0.3 is 0 Å². The molecule has 3 heteroatoms. The van der Waals surface area contributed by atoms with E-state index in [9.17, 15) is 0 Å². The van der Waals surface area contributed by atoms with Crippen molar-refractivity contribution in [2.75, 3.05) is 6.26 Å². The molecule has 2 rings (SSSR count). The monoisotopic (exact) mass is 264 g/mol. The Hall–Kier alpha value is -1.12. The van der Waals surface area contributed by atoms with Crippen LogP contribution in [0.4, 0.5) is 0 Å². The van der Waals surface area contributed by atoms with Crippen LogP contribution in [0.2, 0.25) is 5.02 Å². The quantitative estimate of drug-likeness (QED) is 0.744. The van der Waals surface area contributed by atoms with Crippen LogP contribution in [0.3, 0.4) is 0 Å². The van der Waals surface area contributed by atoms with E-state index in [1.54, 1.807) is 11.8 Å². The van der Waals surface area contributed by atoms with Gasteiger partial charge in [-0.2, -0.15) is 0 Å². The Morgan fingerprint density at radius 2 is 1.88 bits per heavy atom. The van der Waals surface area contributed by atoms with Gasteiger partial charge in [-0.15, -0.1) is 11.8 Å². The molecule has 88 valence electrons. The summed E-state index contributed by atoms with van der Waals surface area (Å²) >= 11 is 7.76. The molecule has 2 aromatic rings. The highest BCUT2D eigenvalue weighted by Gasteiger charge is 2.03. The van der Waals surface area contributed by atoms with Crippen molar-refractivity contribution in [3.05, 3.63) is 59.1 Å². The third-order valence-electron chi connectivity index (χ3n) is 2.38. The summed E-state index contributed by atoms with van der Waals surface area (Å²) in [6.07, 6.45) is 2.03. The Kier molecular flexibility index (Phi) is 4.35. The second kappa shape index (κ2) is 5.99. The standard InChI is InChI=1S/C14H13ClOS/c1-17-12-7-8-13(15)14(9-12)16-10-11-5-3-2-4-6-11/h2-9H,10H2,1H3. The Morgan fingerprint density at radius 1 is 1.12 bits per heavy atom. The van der Waals surface area contributed by atoms with E-state index < -0.39 is 0 Å². The maximum absolute atomic E-state index is 6.09. The lowest BCUT2D eigenvalue weighted by Gasteiger charge is -2.09. The molecule has 2 aromatic carbocycles. The third-order valence-corrected chi connectivity index (χ3v) is 3.41. The molecule has 0 aromatic heterocycles. The van der Waals surface area contributed by atoms with Crippen LogP contribution >= 0.6 is 23.4 Å². The first-order chi connectivity index (χ1) is 8.29. The first-order valence-electron chi connectivity index (χ1n) is 5.30. The average molecular weight is 265 g/mol. The molecule has 0 aliphatic rings. The molecule has 0 bridgehead atoms. The van der Waals surface area contributed by atoms with Gasteiger partial charge in [0.1, 0.15) is 12.4 Å². The zero-order chi connectivity index (χ0) is 12.1. The molecule has 0 aliphatic heterocycles. The van der Waals surface area contributed by atoms with Crippen LogP contribution in [0.1, 0.15) is 5.56 Å². The van der Waals surface area contributed by atoms with Gasteiger partial charge < -0.3 is 4.74 Å². The van der Waals surface area contributed by atoms with E-state index in [0.29, 0.717) is 11.6 Å². The first kappa shape index (κ1) is 12.3. The molecule has 0 atom stereocenters. The molecule has 0 N–H and O–H groups in total. The van der Waals surface area contributed by atoms with Crippen LogP contribution in [0.15, 0.2) is 53.4 Å². The molecule has 0 radical (unpaired) electrons. The number of hydrogen-bond acceptors (Lipinski definition) is 2. The number of hydrogen-bond donors (Lipinski definition) is 0. The van der Waals surface area contributed by atoms with Gasteiger partial charge in [0.15, 0.2) is 0 Å². The molecule has 0 saturated heterocycles. The molecule has 0 saturated carbocycles. The number of ether oxygens (including phenoxy) is 1. The lowest BCUT2D eigenvalue weighted by molar-refractivity contribution is 0.305. The second-order valence-corrected chi connectivity index (χ2v) is 4.86. The van der Waals surface area contributed by atoms with Crippen molar-refractivity contribution < 1.29 is 4.74 Å². The summed E-state index contributed by atoms with van der Waals surface area (Å²) in [4.78, 5) is 1.15. The third kappa shape index (κ3) is 3.42. The van der Waals surface area contributed by atoms with E-state index in [1.807, 2.05) is 54.8 Å². The van der Waals surface area contributed by atoms with Crippen LogP contribution in [-0.4, -0.2) is 6.26 Å². The lowest BCUT2D eigenvalue weighted by Crippen LogP contribution is -1.95. The van der Waals surface area contributed by atoms with Crippen molar-refractivity contribution in [2.24, 2.45) is 0 Å². The second-order valence-electron chi connectivity index (χ2n) is 3.57. The SMILES string of the molecule is CSc1ccc(Cl)c(OCc2ccccc2)c1. The molecular formula is C14H13ClOS. The number of thioether (sulfide) groups is 1. The maximum Gasteiger partial charge on any atom is 0.139 e. The molecule has 0 aliphatic carbocycles. The van der Waals surface area contributed by atoms with Crippen molar-refractivity contribution in [3.8, 4) is 5.75 Å². The number of halogens is 1. The molecule has 0 fully saturated rings. The highest BCUT2D eigenvalue weighted by atomic mass is 35.5. The minimum atomic E-state index is 0.540. The molecule has 0 unspecified atom stereocenters. The van der Waals surface area contributed by atoms with Gasteiger partial charge in [0, 0.05) is 4.90 Å². The summed E-state index contributed by atoms with van der Waals surface area (Å²) in [6.45, 7) is 0.540. The smallest absolute Gasteiger partial charge is 0.139 e. The van der Waals surface area contributed by atoms with Crippen molar-refractivity contribution in [3.63, 3.8) is 0 Å². The fourth-order valence-corrected chi connectivity index (χ4v) is 2.06. The first-order valence-corrected chi connectivity index (χ1v) is 6.90. The van der Waals surface area contributed by atoms with E-state index in [2.05, 4.69) is 0 Å². The zero-order valence-corrected chi connectivity index (χ0v) is 11.1.